The van der Waals surface area contributed by atoms with Gasteiger partial charge in [-0.1, -0.05) is 18.2 Å². The molecule has 0 radical (unpaired) electrons. The lowest BCUT2D eigenvalue weighted by atomic mass is 10.2. The number of carbonyl (C=O) groups is 1. The van der Waals surface area contributed by atoms with Crippen LogP contribution in [0, 0.1) is 0 Å². The zero-order chi connectivity index (χ0) is 16.9. The molecule has 1 aliphatic heterocycles. The van der Waals surface area contributed by atoms with Crippen molar-refractivity contribution in [3.05, 3.63) is 46.3 Å². The van der Waals surface area contributed by atoms with E-state index in [1.807, 2.05) is 12.1 Å². The Labute approximate surface area is 141 Å². The Morgan fingerprint density at radius 2 is 1.96 bits per heavy atom. The van der Waals surface area contributed by atoms with Crippen LogP contribution in [-0.4, -0.2) is 62.0 Å². The van der Waals surface area contributed by atoms with Crippen LogP contribution in [0.25, 0.3) is 11.0 Å². The van der Waals surface area contributed by atoms with Crippen molar-refractivity contribution in [2.24, 2.45) is 0 Å². The van der Waals surface area contributed by atoms with Gasteiger partial charge in [-0.05, 0) is 32.1 Å². The predicted octanol–water partition coefficient (Wildman–Crippen LogP) is 1.16. The smallest absolute Gasteiger partial charge is 0.349 e. The molecule has 1 saturated heterocycles. The first-order valence-electron chi connectivity index (χ1n) is 8.35. The van der Waals surface area contributed by atoms with Crippen LogP contribution in [0.15, 0.2) is 39.5 Å². The van der Waals surface area contributed by atoms with Crippen LogP contribution in [0.5, 0.6) is 0 Å². The Morgan fingerprint density at radius 1 is 1.21 bits per heavy atom. The fraction of sp³-hybridized carbons (Fsp3) is 0.444. The van der Waals surface area contributed by atoms with E-state index in [1.54, 1.807) is 18.2 Å². The van der Waals surface area contributed by atoms with Gasteiger partial charge in [0.05, 0.1) is 0 Å². The number of rotatable bonds is 5. The summed E-state index contributed by atoms with van der Waals surface area (Å²) in [6.07, 6.45) is 0.869. The molecule has 0 unspecified atom stereocenters. The third kappa shape index (κ3) is 4.01. The summed E-state index contributed by atoms with van der Waals surface area (Å²) in [5.74, 6) is -0.368. The molecule has 128 valence electrons. The number of nitrogens with zero attached hydrogens (tertiary/aromatic N) is 2. The Balaban J connectivity index is 1.52. The average Bonchev–Trinajstić information content (AvgIpc) is 2.59. The van der Waals surface area contributed by atoms with Crippen molar-refractivity contribution in [2.45, 2.75) is 6.42 Å². The molecule has 0 aliphatic carbocycles. The van der Waals surface area contributed by atoms with Gasteiger partial charge >= 0.3 is 5.63 Å². The standard InChI is InChI=1S/C18H23N3O3/c1-20-9-11-21(12-10-20)8-4-7-19-17(22)15-13-14-5-2-3-6-16(14)24-18(15)23/h2-3,5-6,13H,4,7-12H2,1H3,(H,19,22). The van der Waals surface area contributed by atoms with Crippen molar-refractivity contribution < 1.29 is 9.21 Å². The summed E-state index contributed by atoms with van der Waals surface area (Å²) in [4.78, 5) is 28.9. The van der Waals surface area contributed by atoms with Crippen LogP contribution in [-0.2, 0) is 0 Å². The van der Waals surface area contributed by atoms with Crippen molar-refractivity contribution in [2.75, 3.05) is 46.3 Å². The van der Waals surface area contributed by atoms with Crippen molar-refractivity contribution in [3.8, 4) is 0 Å². The van der Waals surface area contributed by atoms with E-state index in [0.717, 1.165) is 44.5 Å². The van der Waals surface area contributed by atoms with Gasteiger partial charge in [-0.2, -0.15) is 0 Å². The largest absolute Gasteiger partial charge is 0.422 e. The van der Waals surface area contributed by atoms with Gasteiger partial charge in [-0.3, -0.25) is 4.79 Å². The number of carbonyl (C=O) groups excluding carboxylic acids is 1. The summed E-state index contributed by atoms with van der Waals surface area (Å²) >= 11 is 0. The summed E-state index contributed by atoms with van der Waals surface area (Å²) in [5, 5.41) is 3.57. The maximum Gasteiger partial charge on any atom is 0.349 e. The molecule has 1 fully saturated rings. The summed E-state index contributed by atoms with van der Waals surface area (Å²) < 4.78 is 5.20. The Kier molecular flexibility index (Phi) is 5.27. The molecule has 1 aromatic carbocycles. The Hall–Kier alpha value is -2.18. The van der Waals surface area contributed by atoms with E-state index in [4.69, 9.17) is 4.42 Å². The SMILES string of the molecule is CN1CCN(CCCNC(=O)c2cc3ccccc3oc2=O)CC1. The van der Waals surface area contributed by atoms with Gasteiger partial charge in [0.25, 0.3) is 5.91 Å². The average molecular weight is 329 g/mol. The van der Waals surface area contributed by atoms with Crippen molar-refractivity contribution in [1.82, 2.24) is 15.1 Å². The maximum atomic E-state index is 12.2. The second-order valence-corrected chi connectivity index (χ2v) is 6.24. The third-order valence-electron chi connectivity index (χ3n) is 4.42. The van der Waals surface area contributed by atoms with Crippen molar-refractivity contribution in [1.29, 1.82) is 0 Å². The fourth-order valence-electron chi connectivity index (χ4n) is 2.89. The molecule has 1 aliphatic rings. The molecule has 0 atom stereocenters. The fourth-order valence-corrected chi connectivity index (χ4v) is 2.89. The molecule has 6 heteroatoms. The summed E-state index contributed by atoms with van der Waals surface area (Å²) in [7, 11) is 2.13. The second-order valence-electron chi connectivity index (χ2n) is 6.24. The lowest BCUT2D eigenvalue weighted by molar-refractivity contribution is 0.0946. The highest BCUT2D eigenvalue weighted by molar-refractivity contribution is 5.96. The van der Waals surface area contributed by atoms with E-state index in [1.165, 1.54) is 0 Å². The number of piperazine rings is 1. The van der Waals surface area contributed by atoms with E-state index in [-0.39, 0.29) is 11.5 Å². The lowest BCUT2D eigenvalue weighted by Crippen LogP contribution is -2.45. The molecular weight excluding hydrogens is 306 g/mol. The van der Waals surface area contributed by atoms with Crippen LogP contribution in [0.3, 0.4) is 0 Å². The molecule has 3 rings (SSSR count). The maximum absolute atomic E-state index is 12.2. The quantitative estimate of drug-likeness (QED) is 0.659. The van der Waals surface area contributed by atoms with Crippen LogP contribution >= 0.6 is 0 Å². The predicted molar refractivity (Wildman–Crippen MR) is 93.4 cm³/mol. The first kappa shape index (κ1) is 16.7. The van der Waals surface area contributed by atoms with E-state index in [2.05, 4.69) is 22.2 Å². The highest BCUT2D eigenvalue weighted by Crippen LogP contribution is 2.12. The number of amides is 1. The summed E-state index contributed by atoms with van der Waals surface area (Å²) in [5.41, 5.74) is -0.0346. The highest BCUT2D eigenvalue weighted by Gasteiger charge is 2.15. The topological polar surface area (TPSA) is 65.8 Å². The third-order valence-corrected chi connectivity index (χ3v) is 4.42. The normalized spacial score (nSPS) is 16.4. The molecule has 0 saturated carbocycles. The number of hydrogen-bond donors (Lipinski definition) is 1. The molecule has 6 nitrogen and oxygen atoms in total. The van der Waals surface area contributed by atoms with Gasteiger partial charge in [-0.15, -0.1) is 0 Å². The van der Waals surface area contributed by atoms with E-state index < -0.39 is 5.63 Å². The first-order chi connectivity index (χ1) is 11.6. The summed E-state index contributed by atoms with van der Waals surface area (Å²) in [6.45, 7) is 5.82. The minimum absolute atomic E-state index is 0.0632. The molecule has 2 aromatic rings. The van der Waals surface area contributed by atoms with Gasteiger partial charge in [-0.25, -0.2) is 4.79 Å². The number of likely N-dealkylation sites (N-methyl/N-ethyl adjacent to an activating group) is 1. The lowest BCUT2D eigenvalue weighted by Gasteiger charge is -2.32. The monoisotopic (exact) mass is 329 g/mol. The molecule has 24 heavy (non-hydrogen) atoms. The van der Waals surface area contributed by atoms with Gasteiger partial charge in [0, 0.05) is 38.1 Å². The van der Waals surface area contributed by atoms with Crippen molar-refractivity contribution >= 4 is 16.9 Å². The van der Waals surface area contributed by atoms with Crippen LogP contribution in [0.4, 0.5) is 0 Å². The molecule has 1 amide bonds. The zero-order valence-electron chi connectivity index (χ0n) is 14.0. The van der Waals surface area contributed by atoms with Gasteiger partial charge in [0.2, 0.25) is 0 Å². The van der Waals surface area contributed by atoms with Gasteiger partial charge in [0.1, 0.15) is 11.1 Å². The number of fused-ring (bicyclic) bond motifs is 1. The molecule has 0 bridgehead atoms. The highest BCUT2D eigenvalue weighted by atomic mass is 16.4. The number of para-hydroxylation sites is 1. The Bertz CT molecular complexity index is 763. The molecule has 0 spiro atoms. The Morgan fingerprint density at radius 3 is 2.75 bits per heavy atom. The van der Waals surface area contributed by atoms with Crippen molar-refractivity contribution in [3.63, 3.8) is 0 Å². The second kappa shape index (κ2) is 7.59. The minimum atomic E-state index is -0.592. The van der Waals surface area contributed by atoms with Gasteiger partial charge < -0.3 is 19.5 Å². The van der Waals surface area contributed by atoms with E-state index in [9.17, 15) is 9.59 Å². The van der Waals surface area contributed by atoms with Crippen LogP contribution in [0.2, 0.25) is 0 Å². The number of hydrogen-bond acceptors (Lipinski definition) is 5. The number of nitrogens with one attached hydrogen (secondary N) is 1. The van der Waals surface area contributed by atoms with Gasteiger partial charge in [0.15, 0.2) is 0 Å². The molecule has 1 aromatic heterocycles. The zero-order valence-corrected chi connectivity index (χ0v) is 14.0. The molecule has 2 heterocycles. The molecule has 1 N–H and O–H groups in total. The van der Waals surface area contributed by atoms with Crippen LogP contribution in [0.1, 0.15) is 16.8 Å². The van der Waals surface area contributed by atoms with E-state index >= 15 is 0 Å². The molecular formula is C18H23N3O3. The van der Waals surface area contributed by atoms with Crippen LogP contribution < -0.4 is 10.9 Å². The van der Waals surface area contributed by atoms with E-state index in [0.29, 0.717) is 12.1 Å². The first-order valence-corrected chi connectivity index (χ1v) is 8.35. The summed E-state index contributed by atoms with van der Waals surface area (Å²) in [6, 6.07) is 8.78. The minimum Gasteiger partial charge on any atom is -0.422 e. The number of benzene rings is 1.